The first-order valence-corrected chi connectivity index (χ1v) is 6.82. The van der Waals surface area contributed by atoms with Crippen LogP contribution in [-0.2, 0) is 5.33 Å². The first-order valence-electron chi connectivity index (χ1n) is 5.70. The van der Waals surface area contributed by atoms with E-state index in [1.165, 1.54) is 5.56 Å². The summed E-state index contributed by atoms with van der Waals surface area (Å²) in [5, 5.41) is 0.848. The Hall–Kier alpha value is -1.48. The standard InChI is InChI=1S/C15H15BrO2/c1-11-3-8-14(15(9-11)17-2)18-13-6-4-12(10-16)5-7-13/h3-9H,10H2,1-2H3. The Kier molecular flexibility index (Phi) is 4.26. The second-order valence-electron chi connectivity index (χ2n) is 4.03. The van der Waals surface area contributed by atoms with Gasteiger partial charge in [-0.3, -0.25) is 0 Å². The zero-order chi connectivity index (χ0) is 13.0. The van der Waals surface area contributed by atoms with Crippen LogP contribution in [0.3, 0.4) is 0 Å². The molecule has 2 aromatic carbocycles. The molecule has 3 heteroatoms. The van der Waals surface area contributed by atoms with E-state index in [4.69, 9.17) is 9.47 Å². The van der Waals surface area contributed by atoms with Crippen LogP contribution < -0.4 is 9.47 Å². The van der Waals surface area contributed by atoms with Crippen LogP contribution in [0.2, 0.25) is 0 Å². The summed E-state index contributed by atoms with van der Waals surface area (Å²) in [4.78, 5) is 0. The maximum atomic E-state index is 5.81. The highest BCUT2D eigenvalue weighted by Crippen LogP contribution is 2.32. The zero-order valence-electron chi connectivity index (χ0n) is 10.4. The predicted molar refractivity (Wildman–Crippen MR) is 76.9 cm³/mol. The van der Waals surface area contributed by atoms with Crippen molar-refractivity contribution >= 4 is 15.9 Å². The van der Waals surface area contributed by atoms with Gasteiger partial charge < -0.3 is 9.47 Å². The Labute approximate surface area is 116 Å². The average molecular weight is 307 g/mol. The molecule has 0 aliphatic rings. The molecule has 18 heavy (non-hydrogen) atoms. The number of benzene rings is 2. The summed E-state index contributed by atoms with van der Waals surface area (Å²) in [5.41, 5.74) is 2.37. The van der Waals surface area contributed by atoms with E-state index in [9.17, 15) is 0 Å². The van der Waals surface area contributed by atoms with Crippen LogP contribution in [0.15, 0.2) is 42.5 Å². The minimum absolute atomic E-state index is 0.731. The van der Waals surface area contributed by atoms with E-state index < -0.39 is 0 Å². The third kappa shape index (κ3) is 3.05. The molecule has 0 saturated carbocycles. The van der Waals surface area contributed by atoms with Gasteiger partial charge in [0.15, 0.2) is 11.5 Å². The van der Waals surface area contributed by atoms with Gasteiger partial charge in [0.25, 0.3) is 0 Å². The SMILES string of the molecule is COc1cc(C)ccc1Oc1ccc(CBr)cc1. The maximum absolute atomic E-state index is 5.81. The summed E-state index contributed by atoms with van der Waals surface area (Å²) < 4.78 is 11.1. The molecule has 0 aliphatic carbocycles. The number of ether oxygens (including phenoxy) is 2. The number of hydrogen-bond donors (Lipinski definition) is 0. The van der Waals surface area contributed by atoms with Gasteiger partial charge in [0.1, 0.15) is 5.75 Å². The van der Waals surface area contributed by atoms with E-state index in [1.807, 2.05) is 49.4 Å². The number of halogens is 1. The number of hydrogen-bond acceptors (Lipinski definition) is 2. The fourth-order valence-corrected chi connectivity index (χ4v) is 2.01. The molecular formula is C15H15BrO2. The molecule has 0 N–H and O–H groups in total. The summed E-state index contributed by atoms with van der Waals surface area (Å²) in [5.74, 6) is 2.29. The third-order valence-corrected chi connectivity index (χ3v) is 3.27. The third-order valence-electron chi connectivity index (χ3n) is 2.62. The molecule has 0 bridgehead atoms. The van der Waals surface area contributed by atoms with Crippen LogP contribution in [0.5, 0.6) is 17.2 Å². The molecule has 0 radical (unpaired) electrons. The number of rotatable bonds is 4. The van der Waals surface area contributed by atoms with Crippen molar-refractivity contribution in [3.8, 4) is 17.2 Å². The lowest BCUT2D eigenvalue weighted by molar-refractivity contribution is 0.378. The van der Waals surface area contributed by atoms with Crippen LogP contribution in [0, 0.1) is 6.92 Å². The van der Waals surface area contributed by atoms with Crippen molar-refractivity contribution in [3.63, 3.8) is 0 Å². The van der Waals surface area contributed by atoms with Crippen molar-refractivity contribution in [2.45, 2.75) is 12.3 Å². The molecular weight excluding hydrogens is 292 g/mol. The molecule has 0 fully saturated rings. The summed E-state index contributed by atoms with van der Waals surface area (Å²) in [6.45, 7) is 2.02. The van der Waals surface area contributed by atoms with E-state index in [2.05, 4.69) is 15.9 Å². The molecule has 2 aromatic rings. The van der Waals surface area contributed by atoms with Gasteiger partial charge in [-0.2, -0.15) is 0 Å². The molecule has 94 valence electrons. The van der Waals surface area contributed by atoms with Crippen LogP contribution in [0.4, 0.5) is 0 Å². The van der Waals surface area contributed by atoms with Gasteiger partial charge in [-0.15, -0.1) is 0 Å². The van der Waals surface area contributed by atoms with Gasteiger partial charge in [0.2, 0.25) is 0 Å². The lowest BCUT2D eigenvalue weighted by Crippen LogP contribution is -1.91. The van der Waals surface area contributed by atoms with Gasteiger partial charge in [0, 0.05) is 5.33 Å². The Bertz CT molecular complexity index is 521. The first kappa shape index (κ1) is 13.0. The van der Waals surface area contributed by atoms with E-state index in [0.29, 0.717) is 0 Å². The highest BCUT2D eigenvalue weighted by Gasteiger charge is 2.05. The summed E-state index contributed by atoms with van der Waals surface area (Å²) in [6, 6.07) is 13.9. The molecule has 0 aliphatic heterocycles. The summed E-state index contributed by atoms with van der Waals surface area (Å²) in [7, 11) is 1.65. The molecule has 0 unspecified atom stereocenters. The predicted octanol–water partition coefficient (Wildman–Crippen LogP) is 4.69. The van der Waals surface area contributed by atoms with Crippen LogP contribution >= 0.6 is 15.9 Å². The van der Waals surface area contributed by atoms with E-state index in [-0.39, 0.29) is 0 Å². The molecule has 0 atom stereocenters. The van der Waals surface area contributed by atoms with Crippen molar-refractivity contribution in [3.05, 3.63) is 53.6 Å². The molecule has 0 aromatic heterocycles. The lowest BCUT2D eigenvalue weighted by Gasteiger charge is -2.11. The largest absolute Gasteiger partial charge is 0.493 e. The van der Waals surface area contributed by atoms with Gasteiger partial charge in [-0.05, 0) is 42.3 Å². The molecule has 0 amide bonds. The molecule has 0 spiro atoms. The van der Waals surface area contributed by atoms with Gasteiger partial charge in [-0.1, -0.05) is 34.1 Å². The Morgan fingerprint density at radius 3 is 2.33 bits per heavy atom. The molecule has 2 rings (SSSR count). The Morgan fingerprint density at radius 2 is 1.72 bits per heavy atom. The fourth-order valence-electron chi connectivity index (χ4n) is 1.63. The topological polar surface area (TPSA) is 18.5 Å². The molecule has 0 saturated heterocycles. The quantitative estimate of drug-likeness (QED) is 0.763. The van der Waals surface area contributed by atoms with Crippen molar-refractivity contribution in [2.24, 2.45) is 0 Å². The van der Waals surface area contributed by atoms with Crippen molar-refractivity contribution < 1.29 is 9.47 Å². The van der Waals surface area contributed by atoms with Gasteiger partial charge in [0.05, 0.1) is 7.11 Å². The smallest absolute Gasteiger partial charge is 0.169 e. The average Bonchev–Trinajstić information content (AvgIpc) is 2.41. The lowest BCUT2D eigenvalue weighted by atomic mass is 10.2. The van der Waals surface area contributed by atoms with E-state index in [1.54, 1.807) is 7.11 Å². The number of methoxy groups -OCH3 is 1. The van der Waals surface area contributed by atoms with Crippen LogP contribution in [0.1, 0.15) is 11.1 Å². The Morgan fingerprint density at radius 1 is 1.00 bits per heavy atom. The molecule has 0 heterocycles. The second-order valence-corrected chi connectivity index (χ2v) is 4.59. The fraction of sp³-hybridized carbons (Fsp3) is 0.200. The van der Waals surface area contributed by atoms with Gasteiger partial charge in [-0.25, -0.2) is 0 Å². The highest BCUT2D eigenvalue weighted by atomic mass is 79.9. The minimum Gasteiger partial charge on any atom is -0.493 e. The van der Waals surface area contributed by atoms with Crippen molar-refractivity contribution in [1.29, 1.82) is 0 Å². The highest BCUT2D eigenvalue weighted by molar-refractivity contribution is 9.08. The van der Waals surface area contributed by atoms with Crippen molar-refractivity contribution in [1.82, 2.24) is 0 Å². The Balaban J connectivity index is 2.22. The normalized spacial score (nSPS) is 10.2. The minimum atomic E-state index is 0.731. The van der Waals surface area contributed by atoms with E-state index in [0.717, 1.165) is 28.1 Å². The van der Waals surface area contributed by atoms with Crippen molar-refractivity contribution in [2.75, 3.05) is 7.11 Å². The number of alkyl halides is 1. The number of aryl methyl sites for hydroxylation is 1. The van der Waals surface area contributed by atoms with Crippen LogP contribution in [0.25, 0.3) is 0 Å². The monoisotopic (exact) mass is 306 g/mol. The second kappa shape index (κ2) is 5.91. The van der Waals surface area contributed by atoms with E-state index >= 15 is 0 Å². The zero-order valence-corrected chi connectivity index (χ0v) is 12.0. The summed E-state index contributed by atoms with van der Waals surface area (Å²) in [6.07, 6.45) is 0. The van der Waals surface area contributed by atoms with Gasteiger partial charge >= 0.3 is 0 Å². The maximum Gasteiger partial charge on any atom is 0.169 e. The first-order chi connectivity index (χ1) is 8.72. The summed E-state index contributed by atoms with van der Waals surface area (Å²) >= 11 is 3.42. The van der Waals surface area contributed by atoms with Crippen LogP contribution in [-0.4, -0.2) is 7.11 Å². The molecule has 2 nitrogen and oxygen atoms in total.